The first-order valence-electron chi connectivity index (χ1n) is 7.70. The van der Waals surface area contributed by atoms with Crippen molar-refractivity contribution in [1.82, 2.24) is 0 Å². The molecular weight excluding hydrogens is 244 g/mol. The highest BCUT2D eigenvalue weighted by molar-refractivity contribution is 5.01. The number of aliphatic hydroxyl groups excluding tert-OH is 1. The van der Waals surface area contributed by atoms with Crippen LogP contribution in [0.15, 0.2) is 0 Å². The van der Waals surface area contributed by atoms with E-state index in [0.29, 0.717) is 0 Å². The van der Waals surface area contributed by atoms with Crippen LogP contribution in [0.2, 0.25) is 0 Å². The largest absolute Gasteiger partial charge is 0.390 e. The number of rotatable bonds is 4. The normalized spacial score (nSPS) is 44.2. The third-order valence-electron chi connectivity index (χ3n) is 5.30. The summed E-state index contributed by atoms with van der Waals surface area (Å²) in [6.45, 7) is 4.15. The standard InChI is InChI=1S/C15H26O4/c1-12(16)15-7-5-14(6-8-15,11-19-15)10-18-13-4-2-3-9-17-13/h12-13,16H,2-11H2,1H3. The monoisotopic (exact) mass is 270 g/mol. The Labute approximate surface area is 115 Å². The number of ether oxygens (including phenoxy) is 3. The minimum atomic E-state index is -0.367. The molecule has 3 aliphatic heterocycles. The Kier molecular flexibility index (Phi) is 3.87. The third-order valence-corrected chi connectivity index (χ3v) is 5.30. The molecule has 3 heterocycles. The maximum absolute atomic E-state index is 9.89. The topological polar surface area (TPSA) is 47.9 Å². The molecule has 0 aromatic heterocycles. The summed E-state index contributed by atoms with van der Waals surface area (Å²) in [5, 5.41) is 9.89. The molecule has 4 heteroatoms. The van der Waals surface area contributed by atoms with Gasteiger partial charge < -0.3 is 19.3 Å². The Morgan fingerprint density at radius 1 is 1.26 bits per heavy atom. The zero-order chi connectivity index (χ0) is 13.3. The van der Waals surface area contributed by atoms with Crippen molar-refractivity contribution in [3.8, 4) is 0 Å². The molecule has 4 fully saturated rings. The van der Waals surface area contributed by atoms with Gasteiger partial charge in [0, 0.05) is 12.0 Å². The van der Waals surface area contributed by atoms with E-state index in [1.807, 2.05) is 6.92 Å². The van der Waals surface area contributed by atoms with E-state index >= 15 is 0 Å². The molecule has 2 unspecified atom stereocenters. The van der Waals surface area contributed by atoms with Crippen molar-refractivity contribution in [2.45, 2.75) is 69.9 Å². The molecule has 19 heavy (non-hydrogen) atoms. The minimum absolute atomic E-state index is 0.00602. The highest BCUT2D eigenvalue weighted by atomic mass is 16.7. The average molecular weight is 270 g/mol. The van der Waals surface area contributed by atoms with Crippen LogP contribution in [0.4, 0.5) is 0 Å². The van der Waals surface area contributed by atoms with E-state index in [9.17, 15) is 5.11 Å². The summed E-state index contributed by atoms with van der Waals surface area (Å²) in [5.74, 6) is 0. The van der Waals surface area contributed by atoms with E-state index in [1.165, 1.54) is 6.42 Å². The van der Waals surface area contributed by atoms with Gasteiger partial charge in [0.1, 0.15) is 0 Å². The van der Waals surface area contributed by atoms with Crippen LogP contribution in [0.3, 0.4) is 0 Å². The first kappa shape index (κ1) is 13.8. The van der Waals surface area contributed by atoms with Crippen molar-refractivity contribution in [1.29, 1.82) is 0 Å². The summed E-state index contributed by atoms with van der Waals surface area (Å²) in [6, 6.07) is 0. The van der Waals surface area contributed by atoms with E-state index in [4.69, 9.17) is 14.2 Å². The van der Waals surface area contributed by atoms with E-state index < -0.39 is 0 Å². The van der Waals surface area contributed by atoms with E-state index in [1.54, 1.807) is 0 Å². The van der Waals surface area contributed by atoms with Gasteiger partial charge >= 0.3 is 0 Å². The predicted molar refractivity (Wildman–Crippen MR) is 70.8 cm³/mol. The van der Waals surface area contributed by atoms with Gasteiger partial charge in [-0.05, 0) is 51.9 Å². The van der Waals surface area contributed by atoms with Crippen LogP contribution in [0.25, 0.3) is 0 Å². The molecule has 2 bridgehead atoms. The van der Waals surface area contributed by atoms with Crippen LogP contribution in [0.5, 0.6) is 0 Å². The summed E-state index contributed by atoms with van der Waals surface area (Å²) < 4.78 is 17.6. The second-order valence-corrected chi connectivity index (χ2v) is 6.64. The van der Waals surface area contributed by atoms with E-state index in [0.717, 1.165) is 58.3 Å². The maximum atomic E-state index is 9.89. The molecule has 3 saturated heterocycles. The van der Waals surface area contributed by atoms with Crippen LogP contribution in [-0.4, -0.2) is 42.9 Å². The summed E-state index contributed by atoms with van der Waals surface area (Å²) in [7, 11) is 0. The fourth-order valence-electron chi connectivity index (χ4n) is 3.63. The molecule has 0 aromatic carbocycles. The quantitative estimate of drug-likeness (QED) is 0.851. The second kappa shape index (κ2) is 5.32. The lowest BCUT2D eigenvalue weighted by molar-refractivity contribution is -0.251. The van der Waals surface area contributed by atoms with E-state index in [-0.39, 0.29) is 23.4 Å². The van der Waals surface area contributed by atoms with Gasteiger partial charge in [0.2, 0.25) is 0 Å². The first-order chi connectivity index (χ1) is 9.14. The Balaban J connectivity index is 1.52. The second-order valence-electron chi connectivity index (χ2n) is 6.64. The van der Waals surface area contributed by atoms with Crippen molar-refractivity contribution in [2.24, 2.45) is 5.41 Å². The van der Waals surface area contributed by atoms with Gasteiger partial charge in [-0.25, -0.2) is 0 Å². The number of fused-ring (bicyclic) bond motifs is 3. The zero-order valence-corrected chi connectivity index (χ0v) is 11.9. The first-order valence-corrected chi connectivity index (χ1v) is 7.70. The molecule has 110 valence electrons. The molecule has 4 nitrogen and oxygen atoms in total. The molecule has 2 atom stereocenters. The van der Waals surface area contributed by atoms with Crippen molar-refractivity contribution in [3.63, 3.8) is 0 Å². The van der Waals surface area contributed by atoms with Gasteiger partial charge in [0.25, 0.3) is 0 Å². The minimum Gasteiger partial charge on any atom is -0.390 e. The summed E-state index contributed by atoms with van der Waals surface area (Å²) >= 11 is 0. The highest BCUT2D eigenvalue weighted by Gasteiger charge is 2.52. The van der Waals surface area contributed by atoms with Crippen molar-refractivity contribution in [2.75, 3.05) is 19.8 Å². The van der Waals surface area contributed by atoms with Gasteiger partial charge in [-0.1, -0.05) is 0 Å². The Hall–Kier alpha value is -0.160. The summed E-state index contributed by atoms with van der Waals surface area (Å²) in [6.07, 6.45) is 7.13. The molecule has 4 rings (SSSR count). The highest BCUT2D eigenvalue weighted by Crippen LogP contribution is 2.50. The fourth-order valence-corrected chi connectivity index (χ4v) is 3.63. The Bertz CT molecular complexity index is 285. The lowest BCUT2D eigenvalue weighted by Crippen LogP contribution is -2.57. The van der Waals surface area contributed by atoms with Crippen molar-refractivity contribution in [3.05, 3.63) is 0 Å². The smallest absolute Gasteiger partial charge is 0.157 e. The number of hydrogen-bond donors (Lipinski definition) is 1. The van der Waals surface area contributed by atoms with Gasteiger partial charge in [-0.2, -0.15) is 0 Å². The Morgan fingerprint density at radius 2 is 2.05 bits per heavy atom. The maximum Gasteiger partial charge on any atom is 0.157 e. The zero-order valence-electron chi connectivity index (χ0n) is 11.9. The summed E-state index contributed by atoms with van der Waals surface area (Å²) in [5.41, 5.74) is -0.111. The molecule has 1 saturated carbocycles. The van der Waals surface area contributed by atoms with Gasteiger partial charge in [-0.3, -0.25) is 0 Å². The lowest BCUT2D eigenvalue weighted by Gasteiger charge is -2.54. The number of hydrogen-bond acceptors (Lipinski definition) is 4. The molecule has 0 radical (unpaired) electrons. The third kappa shape index (κ3) is 2.68. The fraction of sp³-hybridized carbons (Fsp3) is 1.00. The summed E-state index contributed by atoms with van der Waals surface area (Å²) in [4.78, 5) is 0. The molecule has 4 aliphatic rings. The molecular formula is C15H26O4. The van der Waals surface area contributed by atoms with Gasteiger partial charge in [0.15, 0.2) is 6.29 Å². The van der Waals surface area contributed by atoms with Gasteiger partial charge in [-0.15, -0.1) is 0 Å². The van der Waals surface area contributed by atoms with Crippen LogP contribution >= 0.6 is 0 Å². The lowest BCUT2D eigenvalue weighted by atomic mass is 9.65. The van der Waals surface area contributed by atoms with E-state index in [2.05, 4.69) is 0 Å². The van der Waals surface area contributed by atoms with Crippen LogP contribution < -0.4 is 0 Å². The van der Waals surface area contributed by atoms with Crippen LogP contribution in [0.1, 0.15) is 51.9 Å². The average Bonchev–Trinajstić information content (AvgIpc) is 2.48. The molecule has 1 aliphatic carbocycles. The molecule has 1 N–H and O–H groups in total. The molecule has 0 aromatic rings. The van der Waals surface area contributed by atoms with Crippen molar-refractivity contribution < 1.29 is 19.3 Å². The molecule has 0 spiro atoms. The van der Waals surface area contributed by atoms with Crippen LogP contribution in [-0.2, 0) is 14.2 Å². The number of aliphatic hydroxyl groups is 1. The predicted octanol–water partition coefficient (Wildman–Crippen LogP) is 2.24. The van der Waals surface area contributed by atoms with Crippen molar-refractivity contribution >= 4 is 0 Å². The SMILES string of the molecule is CC(O)C12CCC(COC3CCCCO3)(CC1)CO2. The Morgan fingerprint density at radius 3 is 2.58 bits per heavy atom. The molecule has 0 amide bonds. The van der Waals surface area contributed by atoms with Crippen LogP contribution in [0, 0.1) is 5.41 Å². The van der Waals surface area contributed by atoms with Gasteiger partial charge in [0.05, 0.1) is 24.9 Å².